The molecule has 2 saturated heterocycles. The molecular formula is C20H31N3O4S. The summed E-state index contributed by atoms with van der Waals surface area (Å²) >= 11 is 0. The summed E-state index contributed by atoms with van der Waals surface area (Å²) in [6.45, 7) is 6.21. The summed E-state index contributed by atoms with van der Waals surface area (Å²) in [6.07, 6.45) is 3.43. The van der Waals surface area contributed by atoms with E-state index in [0.29, 0.717) is 32.6 Å². The summed E-state index contributed by atoms with van der Waals surface area (Å²) in [6, 6.07) is 7.62. The normalized spacial score (nSPS) is 24.5. The van der Waals surface area contributed by atoms with Crippen molar-refractivity contribution in [2.45, 2.75) is 31.7 Å². The molecule has 1 aromatic rings. The maximum Gasteiger partial charge on any atom is 0.227 e. The third-order valence-corrected chi connectivity index (χ3v) is 7.47. The molecule has 2 fully saturated rings. The van der Waals surface area contributed by atoms with Crippen LogP contribution in [0.25, 0.3) is 0 Å². The van der Waals surface area contributed by atoms with E-state index in [4.69, 9.17) is 4.74 Å². The summed E-state index contributed by atoms with van der Waals surface area (Å²) < 4.78 is 30.7. The van der Waals surface area contributed by atoms with E-state index in [0.717, 1.165) is 37.2 Å². The molecule has 3 rings (SSSR count). The van der Waals surface area contributed by atoms with Gasteiger partial charge in [0, 0.05) is 44.8 Å². The van der Waals surface area contributed by atoms with Crippen LogP contribution in [0, 0.1) is 0 Å². The number of carbonyl (C=O) groups is 1. The van der Waals surface area contributed by atoms with E-state index in [9.17, 15) is 13.2 Å². The van der Waals surface area contributed by atoms with Crippen LogP contribution in [0.2, 0.25) is 0 Å². The summed E-state index contributed by atoms with van der Waals surface area (Å²) in [4.78, 5) is 17.0. The lowest BCUT2D eigenvalue weighted by Crippen LogP contribution is -2.59. The van der Waals surface area contributed by atoms with Gasteiger partial charge in [0.15, 0.2) is 0 Å². The molecule has 2 heterocycles. The van der Waals surface area contributed by atoms with Crippen LogP contribution in [0.15, 0.2) is 24.3 Å². The zero-order valence-electron chi connectivity index (χ0n) is 17.1. The quantitative estimate of drug-likeness (QED) is 0.706. The summed E-state index contributed by atoms with van der Waals surface area (Å²) in [5, 5.41) is 0. The molecule has 28 heavy (non-hydrogen) atoms. The second-order valence-corrected chi connectivity index (χ2v) is 9.80. The van der Waals surface area contributed by atoms with Crippen molar-refractivity contribution in [3.05, 3.63) is 29.8 Å². The van der Waals surface area contributed by atoms with E-state index in [1.54, 1.807) is 11.4 Å². The molecule has 0 spiro atoms. The number of nitrogens with zero attached hydrogens (tertiary/aromatic N) is 3. The lowest BCUT2D eigenvalue weighted by atomic mass is 9.92. The highest BCUT2D eigenvalue weighted by Crippen LogP contribution is 2.33. The van der Waals surface area contributed by atoms with Gasteiger partial charge >= 0.3 is 0 Å². The average Bonchev–Trinajstić information content (AvgIpc) is 3.15. The molecule has 1 aromatic carbocycles. The number of benzene rings is 1. The number of sulfonamides is 1. The molecule has 7 nitrogen and oxygen atoms in total. The van der Waals surface area contributed by atoms with E-state index in [1.807, 2.05) is 29.2 Å². The molecule has 2 aliphatic rings. The molecule has 1 atom stereocenters. The van der Waals surface area contributed by atoms with Gasteiger partial charge in [0.2, 0.25) is 15.9 Å². The van der Waals surface area contributed by atoms with Crippen LogP contribution < -0.4 is 4.74 Å². The minimum Gasteiger partial charge on any atom is -0.497 e. The van der Waals surface area contributed by atoms with E-state index in [2.05, 4.69) is 11.8 Å². The second-order valence-electron chi connectivity index (χ2n) is 7.82. The minimum atomic E-state index is -3.16. The Morgan fingerprint density at radius 1 is 1.18 bits per heavy atom. The van der Waals surface area contributed by atoms with Crippen molar-refractivity contribution in [1.82, 2.24) is 14.1 Å². The lowest BCUT2D eigenvalue weighted by Gasteiger charge is -2.45. The second kappa shape index (κ2) is 8.39. The summed E-state index contributed by atoms with van der Waals surface area (Å²) in [5.41, 5.74) is 0.849. The van der Waals surface area contributed by atoms with E-state index >= 15 is 0 Å². The zero-order valence-corrected chi connectivity index (χ0v) is 17.9. The highest BCUT2D eigenvalue weighted by Gasteiger charge is 2.45. The number of hydrogen-bond donors (Lipinski definition) is 0. The Labute approximate surface area is 168 Å². The molecule has 1 amide bonds. The molecule has 2 aliphatic heterocycles. The third-order valence-electron chi connectivity index (χ3n) is 6.22. The van der Waals surface area contributed by atoms with Crippen molar-refractivity contribution < 1.29 is 17.9 Å². The smallest absolute Gasteiger partial charge is 0.227 e. The number of piperazine rings is 1. The lowest BCUT2D eigenvalue weighted by molar-refractivity contribution is -0.133. The van der Waals surface area contributed by atoms with Crippen LogP contribution in [-0.2, 0) is 21.2 Å². The van der Waals surface area contributed by atoms with Gasteiger partial charge in [-0.2, -0.15) is 0 Å². The standard InChI is InChI=1S/C20H31N3O4S/c1-4-20(8-9-23(16-20)28(3,25)26)22-12-10-21(11-13-22)19(24)15-17-6-5-7-18(14-17)27-2/h5-7,14H,4,8-13,15-16H2,1-3H3/t20-/m1/s1. The van der Waals surface area contributed by atoms with Crippen LogP contribution in [0.4, 0.5) is 0 Å². The van der Waals surface area contributed by atoms with E-state index in [1.165, 1.54) is 6.26 Å². The number of rotatable bonds is 6. The minimum absolute atomic E-state index is 0.106. The molecule has 156 valence electrons. The number of carbonyl (C=O) groups excluding carboxylic acids is 1. The first kappa shape index (κ1) is 21.1. The molecule has 0 N–H and O–H groups in total. The molecule has 0 aliphatic carbocycles. The first-order chi connectivity index (χ1) is 13.3. The van der Waals surface area contributed by atoms with Crippen LogP contribution in [0.3, 0.4) is 0 Å². The van der Waals surface area contributed by atoms with Crippen molar-refractivity contribution in [2.75, 3.05) is 52.6 Å². The fourth-order valence-corrected chi connectivity index (χ4v) is 5.27. The van der Waals surface area contributed by atoms with Crippen LogP contribution in [-0.4, -0.2) is 86.6 Å². The summed E-state index contributed by atoms with van der Waals surface area (Å²) in [5.74, 6) is 0.888. The SMILES string of the molecule is CC[C@@]1(N2CCN(C(=O)Cc3cccc(OC)c3)CC2)CCN(S(C)(=O)=O)C1. The van der Waals surface area contributed by atoms with Crippen molar-refractivity contribution >= 4 is 15.9 Å². The van der Waals surface area contributed by atoms with Gasteiger partial charge in [-0.1, -0.05) is 19.1 Å². The van der Waals surface area contributed by atoms with Crippen molar-refractivity contribution in [2.24, 2.45) is 0 Å². The molecule has 0 aromatic heterocycles. The predicted molar refractivity (Wildman–Crippen MR) is 109 cm³/mol. The van der Waals surface area contributed by atoms with Gasteiger partial charge in [0.25, 0.3) is 0 Å². The predicted octanol–water partition coefficient (Wildman–Crippen LogP) is 1.20. The number of methoxy groups -OCH3 is 1. The highest BCUT2D eigenvalue weighted by atomic mass is 32.2. The monoisotopic (exact) mass is 409 g/mol. The molecule has 8 heteroatoms. The van der Waals surface area contributed by atoms with Crippen LogP contribution >= 0.6 is 0 Å². The number of hydrogen-bond acceptors (Lipinski definition) is 5. The van der Waals surface area contributed by atoms with Gasteiger partial charge < -0.3 is 9.64 Å². The van der Waals surface area contributed by atoms with E-state index < -0.39 is 10.0 Å². The van der Waals surface area contributed by atoms with Crippen molar-refractivity contribution in [3.63, 3.8) is 0 Å². The third kappa shape index (κ3) is 4.50. The van der Waals surface area contributed by atoms with Gasteiger partial charge in [-0.3, -0.25) is 9.69 Å². The molecule has 0 unspecified atom stereocenters. The zero-order chi connectivity index (χ0) is 20.4. The number of amides is 1. The Morgan fingerprint density at radius 3 is 2.46 bits per heavy atom. The Morgan fingerprint density at radius 2 is 1.89 bits per heavy atom. The number of ether oxygens (including phenoxy) is 1. The first-order valence-corrected chi connectivity index (χ1v) is 11.7. The van der Waals surface area contributed by atoms with Crippen LogP contribution in [0.5, 0.6) is 5.75 Å². The highest BCUT2D eigenvalue weighted by molar-refractivity contribution is 7.88. The van der Waals surface area contributed by atoms with Gasteiger partial charge in [-0.05, 0) is 30.5 Å². The Hall–Kier alpha value is -1.64. The van der Waals surface area contributed by atoms with Gasteiger partial charge in [0.05, 0.1) is 19.8 Å². The molecular weight excluding hydrogens is 378 g/mol. The fraction of sp³-hybridized carbons (Fsp3) is 0.650. The topological polar surface area (TPSA) is 70.2 Å². The summed E-state index contributed by atoms with van der Waals surface area (Å²) in [7, 11) is -1.53. The van der Waals surface area contributed by atoms with E-state index in [-0.39, 0.29) is 11.4 Å². The Bertz CT molecular complexity index is 805. The molecule has 0 bridgehead atoms. The van der Waals surface area contributed by atoms with Crippen molar-refractivity contribution in [3.8, 4) is 5.75 Å². The largest absolute Gasteiger partial charge is 0.497 e. The Balaban J connectivity index is 1.58. The van der Waals surface area contributed by atoms with Crippen LogP contribution in [0.1, 0.15) is 25.3 Å². The maximum absolute atomic E-state index is 12.7. The van der Waals surface area contributed by atoms with Gasteiger partial charge in [-0.15, -0.1) is 0 Å². The first-order valence-electron chi connectivity index (χ1n) is 9.88. The average molecular weight is 410 g/mol. The fourth-order valence-electron chi connectivity index (χ4n) is 4.37. The maximum atomic E-state index is 12.7. The van der Waals surface area contributed by atoms with Gasteiger partial charge in [0.1, 0.15) is 5.75 Å². The van der Waals surface area contributed by atoms with Crippen molar-refractivity contribution in [1.29, 1.82) is 0 Å². The molecule has 0 saturated carbocycles. The Kier molecular flexibility index (Phi) is 6.31. The van der Waals surface area contributed by atoms with Gasteiger partial charge in [-0.25, -0.2) is 12.7 Å². The molecule has 0 radical (unpaired) electrons.